The van der Waals surface area contributed by atoms with Crippen LogP contribution < -0.4 is 0 Å². The van der Waals surface area contributed by atoms with Crippen molar-refractivity contribution in [2.24, 2.45) is 0 Å². The van der Waals surface area contributed by atoms with Gasteiger partial charge in [-0.2, -0.15) is 0 Å². The Hall–Kier alpha value is -8.15. The van der Waals surface area contributed by atoms with Crippen LogP contribution in [0.4, 0.5) is 0 Å². The highest BCUT2D eigenvalue weighted by Crippen LogP contribution is 2.56. The number of nitrogens with zero attached hydrogens (tertiary/aromatic N) is 5. The standard InChI is InChI=1S/C56H37N5/c1-5-17-38(18-6-1)50-37-51(39-19-7-2-8-20-39)58-52(57-50)42-29-33-44(34-30-42)56(48-27-15-13-25-46(48)47-26-14-16-28-49(47)56)45-35-31-43(32-36-45)55-60-53(40-21-9-3-10-22-40)59-54(61-55)41-23-11-4-12-24-41/h1-37H. The van der Waals surface area contributed by atoms with E-state index in [2.05, 4.69) is 127 Å². The van der Waals surface area contributed by atoms with E-state index in [1.807, 2.05) is 97.1 Å². The van der Waals surface area contributed by atoms with Gasteiger partial charge in [-0.3, -0.25) is 0 Å². The van der Waals surface area contributed by atoms with Crippen molar-refractivity contribution in [3.05, 3.63) is 247 Å². The molecule has 2 aromatic heterocycles. The molecule has 0 fully saturated rings. The van der Waals surface area contributed by atoms with Crippen LogP contribution in [0, 0.1) is 0 Å². The lowest BCUT2D eigenvalue weighted by Gasteiger charge is -2.34. The highest BCUT2D eigenvalue weighted by molar-refractivity contribution is 5.86. The molecule has 0 N–H and O–H groups in total. The molecule has 0 amide bonds. The van der Waals surface area contributed by atoms with E-state index in [4.69, 9.17) is 24.9 Å². The molecule has 286 valence electrons. The first kappa shape index (κ1) is 36.0. The Balaban J connectivity index is 1.05. The minimum Gasteiger partial charge on any atom is -0.228 e. The van der Waals surface area contributed by atoms with E-state index in [0.29, 0.717) is 23.3 Å². The molecule has 11 rings (SSSR count). The molecule has 61 heavy (non-hydrogen) atoms. The lowest BCUT2D eigenvalue weighted by Crippen LogP contribution is -2.28. The summed E-state index contributed by atoms with van der Waals surface area (Å²) in [5, 5.41) is 0. The molecule has 0 bridgehead atoms. The molecule has 5 heteroatoms. The minimum atomic E-state index is -0.601. The fourth-order valence-electron chi connectivity index (χ4n) is 8.79. The fraction of sp³-hybridized carbons (Fsp3) is 0.0179. The van der Waals surface area contributed by atoms with E-state index in [9.17, 15) is 0 Å². The van der Waals surface area contributed by atoms with Crippen LogP contribution in [0.3, 0.4) is 0 Å². The SMILES string of the molecule is c1ccc(-c2cc(-c3ccccc3)nc(-c3ccc(C4(c5ccc(-c6nc(-c7ccccc7)nc(-c7ccccc7)n6)cc5)c5ccccc5-c5ccccc54)cc3)n2)cc1. The molecule has 0 unspecified atom stereocenters. The van der Waals surface area contributed by atoms with Gasteiger partial charge in [-0.05, 0) is 39.4 Å². The van der Waals surface area contributed by atoms with Crippen molar-refractivity contribution in [2.45, 2.75) is 5.41 Å². The molecule has 0 aliphatic heterocycles. The number of benzene rings is 8. The van der Waals surface area contributed by atoms with Crippen LogP contribution in [0.15, 0.2) is 224 Å². The molecule has 0 saturated carbocycles. The van der Waals surface area contributed by atoms with Gasteiger partial charge in [-0.1, -0.05) is 218 Å². The molecule has 1 aliphatic rings. The second-order valence-corrected chi connectivity index (χ2v) is 15.2. The highest BCUT2D eigenvalue weighted by atomic mass is 15.0. The summed E-state index contributed by atoms with van der Waals surface area (Å²) in [6, 6.07) is 78.2. The summed E-state index contributed by atoms with van der Waals surface area (Å²) in [4.78, 5) is 25.2. The first-order chi connectivity index (χ1) is 30.2. The van der Waals surface area contributed by atoms with Crippen LogP contribution in [-0.4, -0.2) is 24.9 Å². The van der Waals surface area contributed by atoms with Crippen LogP contribution in [0.5, 0.6) is 0 Å². The monoisotopic (exact) mass is 779 g/mol. The van der Waals surface area contributed by atoms with Crippen molar-refractivity contribution in [1.82, 2.24) is 24.9 Å². The Labute approximate surface area is 354 Å². The van der Waals surface area contributed by atoms with Gasteiger partial charge in [0.1, 0.15) is 0 Å². The Morgan fingerprint density at radius 1 is 0.246 bits per heavy atom. The van der Waals surface area contributed by atoms with Gasteiger partial charge in [0.25, 0.3) is 0 Å². The Morgan fingerprint density at radius 2 is 0.541 bits per heavy atom. The van der Waals surface area contributed by atoms with Crippen molar-refractivity contribution in [1.29, 1.82) is 0 Å². The van der Waals surface area contributed by atoms with Crippen molar-refractivity contribution in [3.63, 3.8) is 0 Å². The Bertz CT molecular complexity index is 2820. The lowest BCUT2D eigenvalue weighted by molar-refractivity contribution is 0.768. The van der Waals surface area contributed by atoms with E-state index in [-0.39, 0.29) is 0 Å². The van der Waals surface area contributed by atoms with Gasteiger partial charge < -0.3 is 0 Å². The first-order valence-electron chi connectivity index (χ1n) is 20.5. The number of aromatic nitrogens is 5. The van der Waals surface area contributed by atoms with Gasteiger partial charge in [0.05, 0.1) is 16.8 Å². The van der Waals surface area contributed by atoms with Crippen molar-refractivity contribution in [2.75, 3.05) is 0 Å². The summed E-state index contributed by atoms with van der Waals surface area (Å²) < 4.78 is 0. The van der Waals surface area contributed by atoms with Crippen LogP contribution in [-0.2, 0) is 5.41 Å². The number of hydrogen-bond donors (Lipinski definition) is 0. The van der Waals surface area contributed by atoms with Crippen LogP contribution >= 0.6 is 0 Å². The van der Waals surface area contributed by atoms with Crippen LogP contribution in [0.25, 0.3) is 79.2 Å². The van der Waals surface area contributed by atoms with Gasteiger partial charge in [0.2, 0.25) is 0 Å². The van der Waals surface area contributed by atoms with Crippen molar-refractivity contribution >= 4 is 0 Å². The molecule has 8 aromatic carbocycles. The van der Waals surface area contributed by atoms with E-state index >= 15 is 0 Å². The summed E-state index contributed by atoms with van der Waals surface area (Å²) in [7, 11) is 0. The maximum absolute atomic E-state index is 5.14. The summed E-state index contributed by atoms with van der Waals surface area (Å²) in [6.45, 7) is 0. The van der Waals surface area contributed by atoms with E-state index < -0.39 is 5.41 Å². The number of fused-ring (bicyclic) bond motifs is 3. The van der Waals surface area contributed by atoms with Crippen molar-refractivity contribution in [3.8, 4) is 79.2 Å². The lowest BCUT2D eigenvalue weighted by atomic mass is 9.67. The smallest absolute Gasteiger partial charge is 0.164 e. The first-order valence-corrected chi connectivity index (χ1v) is 20.5. The molecule has 1 aliphatic carbocycles. The predicted octanol–water partition coefficient (Wildman–Crippen LogP) is 13.0. The van der Waals surface area contributed by atoms with Crippen LogP contribution in [0.1, 0.15) is 22.3 Å². The molecule has 0 radical (unpaired) electrons. The molecule has 10 aromatic rings. The Morgan fingerprint density at radius 3 is 0.918 bits per heavy atom. The quantitative estimate of drug-likeness (QED) is 0.154. The topological polar surface area (TPSA) is 64.5 Å². The molecule has 0 spiro atoms. The predicted molar refractivity (Wildman–Crippen MR) is 245 cm³/mol. The van der Waals surface area contributed by atoms with Crippen molar-refractivity contribution < 1.29 is 0 Å². The molecular formula is C56H37N5. The number of rotatable bonds is 8. The maximum Gasteiger partial charge on any atom is 0.164 e. The van der Waals surface area contributed by atoms with Gasteiger partial charge in [0, 0.05) is 33.4 Å². The average Bonchev–Trinajstić information content (AvgIpc) is 3.66. The molecule has 0 saturated heterocycles. The second kappa shape index (κ2) is 15.2. The van der Waals surface area contributed by atoms with E-state index in [1.54, 1.807) is 0 Å². The third kappa shape index (κ3) is 6.40. The third-order valence-electron chi connectivity index (χ3n) is 11.7. The molecule has 5 nitrogen and oxygen atoms in total. The largest absolute Gasteiger partial charge is 0.228 e. The highest BCUT2D eigenvalue weighted by Gasteiger charge is 2.46. The summed E-state index contributed by atoms with van der Waals surface area (Å²) in [6.07, 6.45) is 0. The fourth-order valence-corrected chi connectivity index (χ4v) is 8.79. The van der Waals surface area contributed by atoms with Crippen LogP contribution in [0.2, 0.25) is 0 Å². The summed E-state index contributed by atoms with van der Waals surface area (Å²) in [5.41, 5.74) is 14.2. The third-order valence-corrected chi connectivity index (χ3v) is 11.7. The summed E-state index contributed by atoms with van der Waals surface area (Å²) in [5.74, 6) is 2.58. The maximum atomic E-state index is 5.14. The normalized spacial score (nSPS) is 12.4. The number of hydrogen-bond acceptors (Lipinski definition) is 5. The summed E-state index contributed by atoms with van der Waals surface area (Å²) >= 11 is 0. The molecule has 0 atom stereocenters. The zero-order valence-electron chi connectivity index (χ0n) is 33.1. The molecule has 2 heterocycles. The van der Waals surface area contributed by atoms with Gasteiger partial charge in [-0.15, -0.1) is 0 Å². The van der Waals surface area contributed by atoms with E-state index in [1.165, 1.54) is 22.3 Å². The minimum absolute atomic E-state index is 0.601. The zero-order valence-corrected chi connectivity index (χ0v) is 33.1. The Kier molecular flexibility index (Phi) is 8.98. The van der Waals surface area contributed by atoms with Gasteiger partial charge in [0.15, 0.2) is 23.3 Å². The second-order valence-electron chi connectivity index (χ2n) is 15.2. The molecular weight excluding hydrogens is 743 g/mol. The van der Waals surface area contributed by atoms with E-state index in [0.717, 1.165) is 55.9 Å². The van der Waals surface area contributed by atoms with Gasteiger partial charge in [-0.25, -0.2) is 24.9 Å². The van der Waals surface area contributed by atoms with Gasteiger partial charge >= 0.3 is 0 Å². The average molecular weight is 780 g/mol. The zero-order chi connectivity index (χ0) is 40.6.